The van der Waals surface area contributed by atoms with E-state index in [1.54, 1.807) is 7.05 Å². The number of hydrogen-bond donors (Lipinski definition) is 1. The van der Waals surface area contributed by atoms with Gasteiger partial charge in [0.05, 0.1) is 0 Å². The van der Waals surface area contributed by atoms with E-state index in [0.717, 1.165) is 5.56 Å². The number of rotatable bonds is 5. The minimum absolute atomic E-state index is 0. The number of ether oxygens (including phenoxy) is 1. The van der Waals surface area contributed by atoms with Gasteiger partial charge in [0.1, 0.15) is 12.6 Å². The first-order valence-corrected chi connectivity index (χ1v) is 5.53. The first-order valence-electron chi connectivity index (χ1n) is 5.53. The van der Waals surface area contributed by atoms with Crippen molar-refractivity contribution in [3.05, 3.63) is 35.9 Å². The van der Waals surface area contributed by atoms with Crippen LogP contribution in [-0.4, -0.2) is 19.1 Å². The Balaban J connectivity index is 0.00000256. The zero-order valence-corrected chi connectivity index (χ0v) is 11.3. The first-order chi connectivity index (χ1) is 7.65. The molecule has 0 radical (unpaired) electrons. The Morgan fingerprint density at radius 1 is 1.29 bits per heavy atom. The van der Waals surface area contributed by atoms with Crippen molar-refractivity contribution < 1.29 is 9.53 Å². The number of carbonyl (C=O) groups is 1. The van der Waals surface area contributed by atoms with Crippen LogP contribution in [0, 0.1) is 5.92 Å². The summed E-state index contributed by atoms with van der Waals surface area (Å²) < 4.78 is 5.24. The highest BCUT2D eigenvalue weighted by Gasteiger charge is 2.21. The van der Waals surface area contributed by atoms with Gasteiger partial charge in [-0.05, 0) is 18.5 Å². The van der Waals surface area contributed by atoms with Gasteiger partial charge in [0.2, 0.25) is 0 Å². The number of likely N-dealkylation sites (N-methyl/N-ethyl adjacent to an activating group) is 1. The standard InChI is InChI=1S/C13H19NO2.ClH/c1-10(2)12(14-3)13(15)16-9-11-7-5-4-6-8-11;/h4-8,10,12,14H,9H2,1-3H3;1H. The summed E-state index contributed by atoms with van der Waals surface area (Å²) in [5, 5.41) is 2.96. The maximum absolute atomic E-state index is 11.7. The lowest BCUT2D eigenvalue weighted by molar-refractivity contribution is -0.148. The molecule has 0 heterocycles. The molecule has 0 fully saturated rings. The molecule has 1 aromatic rings. The van der Waals surface area contributed by atoms with Crippen LogP contribution in [-0.2, 0) is 16.1 Å². The maximum Gasteiger partial charge on any atom is 0.323 e. The third kappa shape index (κ3) is 5.20. The van der Waals surface area contributed by atoms with Crippen molar-refractivity contribution in [1.82, 2.24) is 5.32 Å². The van der Waals surface area contributed by atoms with Crippen LogP contribution in [0.25, 0.3) is 0 Å². The van der Waals surface area contributed by atoms with Crippen LogP contribution in [0.15, 0.2) is 30.3 Å². The molecule has 4 heteroatoms. The topological polar surface area (TPSA) is 38.3 Å². The zero-order chi connectivity index (χ0) is 12.0. The van der Waals surface area contributed by atoms with Gasteiger partial charge >= 0.3 is 5.97 Å². The molecule has 17 heavy (non-hydrogen) atoms. The second-order valence-electron chi connectivity index (χ2n) is 4.10. The summed E-state index contributed by atoms with van der Waals surface area (Å²) >= 11 is 0. The monoisotopic (exact) mass is 257 g/mol. The van der Waals surface area contributed by atoms with Crippen molar-refractivity contribution in [2.75, 3.05) is 7.05 Å². The van der Waals surface area contributed by atoms with E-state index in [0.29, 0.717) is 6.61 Å². The van der Waals surface area contributed by atoms with Gasteiger partial charge in [0, 0.05) is 0 Å². The van der Waals surface area contributed by atoms with E-state index < -0.39 is 0 Å². The van der Waals surface area contributed by atoms with Gasteiger partial charge in [0.15, 0.2) is 0 Å². The minimum atomic E-state index is -0.233. The minimum Gasteiger partial charge on any atom is -0.460 e. The van der Waals surface area contributed by atoms with Crippen LogP contribution in [0.3, 0.4) is 0 Å². The first kappa shape index (κ1) is 15.9. The second kappa shape index (κ2) is 8.09. The van der Waals surface area contributed by atoms with E-state index in [1.807, 2.05) is 44.2 Å². The molecule has 1 aromatic carbocycles. The molecule has 0 saturated carbocycles. The van der Waals surface area contributed by atoms with Gasteiger partial charge in [0.25, 0.3) is 0 Å². The number of carbonyl (C=O) groups excluding carboxylic acids is 1. The number of esters is 1. The molecule has 0 aliphatic rings. The van der Waals surface area contributed by atoms with Crippen molar-refractivity contribution in [3.8, 4) is 0 Å². The Labute approximate surface area is 109 Å². The number of halogens is 1. The summed E-state index contributed by atoms with van der Waals surface area (Å²) in [5.74, 6) is 0.0367. The molecule has 96 valence electrons. The van der Waals surface area contributed by atoms with Gasteiger partial charge in [-0.15, -0.1) is 12.4 Å². The molecule has 1 unspecified atom stereocenters. The summed E-state index contributed by atoms with van der Waals surface area (Å²) in [6, 6.07) is 9.45. The summed E-state index contributed by atoms with van der Waals surface area (Å²) in [6.45, 7) is 4.32. The van der Waals surface area contributed by atoms with Gasteiger partial charge < -0.3 is 10.1 Å². The third-order valence-electron chi connectivity index (χ3n) is 2.46. The number of benzene rings is 1. The Morgan fingerprint density at radius 3 is 2.35 bits per heavy atom. The second-order valence-corrected chi connectivity index (χ2v) is 4.10. The van der Waals surface area contributed by atoms with E-state index in [2.05, 4.69) is 5.32 Å². The molecule has 0 bridgehead atoms. The summed E-state index contributed by atoms with van der Waals surface area (Å²) in [5.41, 5.74) is 1.01. The number of hydrogen-bond acceptors (Lipinski definition) is 3. The fraction of sp³-hybridized carbons (Fsp3) is 0.462. The largest absolute Gasteiger partial charge is 0.460 e. The normalized spacial score (nSPS) is 11.8. The molecule has 3 nitrogen and oxygen atoms in total. The third-order valence-corrected chi connectivity index (χ3v) is 2.46. The van der Waals surface area contributed by atoms with Crippen molar-refractivity contribution in [2.24, 2.45) is 5.92 Å². The number of nitrogens with one attached hydrogen (secondary N) is 1. The van der Waals surface area contributed by atoms with Gasteiger partial charge in [-0.25, -0.2) is 0 Å². The van der Waals surface area contributed by atoms with E-state index in [9.17, 15) is 4.79 Å². The van der Waals surface area contributed by atoms with Crippen molar-refractivity contribution in [3.63, 3.8) is 0 Å². The van der Waals surface area contributed by atoms with E-state index >= 15 is 0 Å². The zero-order valence-electron chi connectivity index (χ0n) is 10.5. The van der Waals surface area contributed by atoms with Crippen LogP contribution < -0.4 is 5.32 Å². The summed E-state index contributed by atoms with van der Waals surface area (Å²) in [7, 11) is 1.77. The summed E-state index contributed by atoms with van der Waals surface area (Å²) in [4.78, 5) is 11.7. The van der Waals surface area contributed by atoms with Gasteiger partial charge in [-0.2, -0.15) is 0 Å². The van der Waals surface area contributed by atoms with Crippen molar-refractivity contribution >= 4 is 18.4 Å². The molecule has 1 N–H and O–H groups in total. The molecular weight excluding hydrogens is 238 g/mol. The maximum atomic E-state index is 11.7. The fourth-order valence-corrected chi connectivity index (χ4v) is 1.54. The molecule has 1 rings (SSSR count). The van der Waals surface area contributed by atoms with Crippen molar-refractivity contribution in [2.45, 2.75) is 26.5 Å². The summed E-state index contributed by atoms with van der Waals surface area (Å²) in [6.07, 6.45) is 0. The van der Waals surface area contributed by atoms with Gasteiger partial charge in [-0.1, -0.05) is 44.2 Å². The Kier molecular flexibility index (Phi) is 7.59. The smallest absolute Gasteiger partial charge is 0.323 e. The SMILES string of the molecule is CNC(C(=O)OCc1ccccc1)C(C)C.Cl. The molecule has 1 atom stereocenters. The van der Waals surface area contributed by atoms with E-state index in [4.69, 9.17) is 4.74 Å². The van der Waals surface area contributed by atoms with E-state index in [1.165, 1.54) is 0 Å². The molecular formula is C13H20ClNO2. The Hall–Kier alpha value is -1.06. The average Bonchev–Trinajstić information content (AvgIpc) is 2.28. The molecule has 0 spiro atoms. The molecule has 0 aliphatic carbocycles. The molecule has 0 aromatic heterocycles. The van der Waals surface area contributed by atoms with Crippen LogP contribution in [0.1, 0.15) is 19.4 Å². The average molecular weight is 258 g/mol. The van der Waals surface area contributed by atoms with Crippen molar-refractivity contribution in [1.29, 1.82) is 0 Å². The Morgan fingerprint density at radius 2 is 1.88 bits per heavy atom. The lowest BCUT2D eigenvalue weighted by atomic mass is 10.1. The van der Waals surface area contributed by atoms with Crippen LogP contribution in [0.2, 0.25) is 0 Å². The van der Waals surface area contributed by atoms with Gasteiger partial charge in [-0.3, -0.25) is 4.79 Å². The van der Waals surface area contributed by atoms with Crippen LogP contribution in [0.4, 0.5) is 0 Å². The Bertz CT molecular complexity index is 327. The highest BCUT2D eigenvalue weighted by Crippen LogP contribution is 2.06. The predicted octanol–water partition coefficient (Wildman–Crippen LogP) is 2.40. The van der Waals surface area contributed by atoms with E-state index in [-0.39, 0.29) is 30.3 Å². The lowest BCUT2D eigenvalue weighted by Gasteiger charge is -2.18. The van der Waals surface area contributed by atoms with Crippen LogP contribution in [0.5, 0.6) is 0 Å². The molecule has 0 aliphatic heterocycles. The lowest BCUT2D eigenvalue weighted by Crippen LogP contribution is -2.39. The molecule has 0 saturated heterocycles. The fourth-order valence-electron chi connectivity index (χ4n) is 1.54. The molecule has 0 amide bonds. The predicted molar refractivity (Wildman–Crippen MR) is 71.2 cm³/mol. The highest BCUT2D eigenvalue weighted by molar-refractivity contribution is 5.85. The highest BCUT2D eigenvalue weighted by atomic mass is 35.5. The van der Waals surface area contributed by atoms with Crippen LogP contribution >= 0.6 is 12.4 Å². The quantitative estimate of drug-likeness (QED) is 0.824.